The highest BCUT2D eigenvalue weighted by molar-refractivity contribution is 7.16. The maximum Gasteiger partial charge on any atom is 0.233 e. The number of nitrogens with zero attached hydrogens (tertiary/aromatic N) is 2. The molecule has 1 saturated heterocycles. The van der Waals surface area contributed by atoms with Crippen molar-refractivity contribution in [1.82, 2.24) is 9.88 Å². The van der Waals surface area contributed by atoms with Crippen molar-refractivity contribution in [2.75, 3.05) is 11.9 Å². The molecule has 0 spiro atoms. The number of aromatic nitrogens is 1. The number of amides is 3. The first-order valence-corrected chi connectivity index (χ1v) is 10.9. The van der Waals surface area contributed by atoms with Gasteiger partial charge in [0, 0.05) is 23.4 Å². The predicted molar refractivity (Wildman–Crippen MR) is 112 cm³/mol. The molecule has 2 fully saturated rings. The van der Waals surface area contributed by atoms with E-state index >= 15 is 0 Å². The summed E-state index contributed by atoms with van der Waals surface area (Å²) in [5, 5.41) is 3.36. The smallest absolute Gasteiger partial charge is 0.233 e. The second-order valence-electron chi connectivity index (χ2n) is 7.91. The SMILES string of the molecule is Cc1ccc(-c2nc(NC(=O)CCN3C(=O)C4CCCCC4C3=O)sc2C)cc1. The molecule has 7 heteroatoms. The number of benzene rings is 1. The summed E-state index contributed by atoms with van der Waals surface area (Å²) in [4.78, 5) is 44.3. The van der Waals surface area contributed by atoms with Crippen LogP contribution in [0.15, 0.2) is 24.3 Å². The number of aryl methyl sites for hydroxylation is 2. The molecule has 2 aromatic rings. The van der Waals surface area contributed by atoms with Crippen molar-refractivity contribution in [2.45, 2.75) is 46.0 Å². The summed E-state index contributed by atoms with van der Waals surface area (Å²) in [5.74, 6) is -0.765. The number of hydrogen-bond donors (Lipinski definition) is 1. The lowest BCUT2D eigenvalue weighted by Gasteiger charge is -2.19. The van der Waals surface area contributed by atoms with Gasteiger partial charge in [0.1, 0.15) is 0 Å². The molecule has 3 amide bonds. The van der Waals surface area contributed by atoms with Crippen molar-refractivity contribution in [3.8, 4) is 11.3 Å². The Morgan fingerprint density at radius 3 is 2.34 bits per heavy atom. The largest absolute Gasteiger partial charge is 0.302 e. The second-order valence-corrected chi connectivity index (χ2v) is 9.12. The van der Waals surface area contributed by atoms with Gasteiger partial charge in [0.25, 0.3) is 0 Å². The molecule has 2 atom stereocenters. The number of thiazole rings is 1. The summed E-state index contributed by atoms with van der Waals surface area (Å²) in [6, 6.07) is 8.11. The lowest BCUT2D eigenvalue weighted by Crippen LogP contribution is -2.34. The maximum absolute atomic E-state index is 12.5. The predicted octanol–water partition coefficient (Wildman–Crippen LogP) is 3.93. The van der Waals surface area contributed by atoms with Crippen molar-refractivity contribution >= 4 is 34.2 Å². The number of carbonyl (C=O) groups is 3. The number of hydrogen-bond acceptors (Lipinski definition) is 5. The third-order valence-electron chi connectivity index (χ3n) is 5.86. The van der Waals surface area contributed by atoms with Gasteiger partial charge in [-0.15, -0.1) is 11.3 Å². The van der Waals surface area contributed by atoms with Crippen LogP contribution in [-0.4, -0.2) is 34.2 Å². The van der Waals surface area contributed by atoms with Crippen LogP contribution in [0.1, 0.15) is 42.5 Å². The van der Waals surface area contributed by atoms with Crippen molar-refractivity contribution < 1.29 is 14.4 Å². The van der Waals surface area contributed by atoms with Crippen molar-refractivity contribution in [2.24, 2.45) is 11.8 Å². The van der Waals surface area contributed by atoms with Gasteiger partial charge in [0.2, 0.25) is 17.7 Å². The topological polar surface area (TPSA) is 79.4 Å². The van der Waals surface area contributed by atoms with Gasteiger partial charge in [-0.1, -0.05) is 42.7 Å². The Bertz CT molecular complexity index is 927. The molecule has 2 heterocycles. The monoisotopic (exact) mass is 411 g/mol. The first-order chi connectivity index (χ1) is 13.9. The normalized spacial score (nSPS) is 21.4. The van der Waals surface area contributed by atoms with Crippen LogP contribution in [0.3, 0.4) is 0 Å². The number of nitrogens with one attached hydrogen (secondary N) is 1. The zero-order chi connectivity index (χ0) is 20.5. The first kappa shape index (κ1) is 19.8. The van der Waals surface area contributed by atoms with Gasteiger partial charge in [0.15, 0.2) is 5.13 Å². The lowest BCUT2D eigenvalue weighted by atomic mass is 9.81. The molecule has 1 N–H and O–H groups in total. The summed E-state index contributed by atoms with van der Waals surface area (Å²) < 4.78 is 0. The van der Waals surface area contributed by atoms with Crippen LogP contribution in [-0.2, 0) is 14.4 Å². The van der Waals surface area contributed by atoms with Gasteiger partial charge >= 0.3 is 0 Å². The van der Waals surface area contributed by atoms with E-state index < -0.39 is 0 Å². The highest BCUT2D eigenvalue weighted by Crippen LogP contribution is 2.38. The molecule has 1 aromatic carbocycles. The fourth-order valence-corrected chi connectivity index (χ4v) is 5.13. The maximum atomic E-state index is 12.5. The summed E-state index contributed by atoms with van der Waals surface area (Å²) in [7, 11) is 0. The number of fused-ring (bicyclic) bond motifs is 1. The molecule has 0 radical (unpaired) electrons. The third kappa shape index (κ3) is 3.96. The lowest BCUT2D eigenvalue weighted by molar-refractivity contribution is -0.140. The first-order valence-electron chi connectivity index (χ1n) is 10.1. The van der Waals surface area contributed by atoms with Crippen LogP contribution in [0.5, 0.6) is 0 Å². The summed E-state index contributed by atoms with van der Waals surface area (Å²) in [5.41, 5.74) is 3.06. The van der Waals surface area contributed by atoms with E-state index in [0.29, 0.717) is 5.13 Å². The fourth-order valence-electron chi connectivity index (χ4n) is 4.28. The average Bonchev–Trinajstić information content (AvgIpc) is 3.19. The Morgan fingerprint density at radius 2 is 1.72 bits per heavy atom. The van der Waals surface area contributed by atoms with Gasteiger partial charge in [0.05, 0.1) is 17.5 Å². The molecule has 29 heavy (non-hydrogen) atoms. The molecule has 4 rings (SSSR count). The highest BCUT2D eigenvalue weighted by Gasteiger charge is 2.47. The Hall–Kier alpha value is -2.54. The minimum absolute atomic E-state index is 0.0927. The number of imide groups is 1. The molecule has 6 nitrogen and oxygen atoms in total. The van der Waals surface area contributed by atoms with Gasteiger partial charge < -0.3 is 5.32 Å². The molecule has 0 bridgehead atoms. The van der Waals surface area contributed by atoms with Crippen LogP contribution < -0.4 is 5.32 Å². The van der Waals surface area contributed by atoms with Crippen LogP contribution in [0.2, 0.25) is 0 Å². The molecular formula is C22H25N3O3S. The Morgan fingerprint density at radius 1 is 1.10 bits per heavy atom. The standard InChI is InChI=1S/C22H25N3O3S/c1-13-7-9-15(10-8-13)19-14(2)29-22(24-19)23-18(26)11-12-25-20(27)16-5-3-4-6-17(16)21(25)28/h7-10,16-17H,3-6,11-12H2,1-2H3,(H,23,24,26). The molecule has 2 unspecified atom stereocenters. The van der Waals surface area contributed by atoms with Gasteiger partial charge in [-0.25, -0.2) is 4.98 Å². The molecule has 1 aromatic heterocycles. The van der Waals surface area contributed by atoms with Gasteiger partial charge in [-0.2, -0.15) is 0 Å². The zero-order valence-corrected chi connectivity index (χ0v) is 17.6. The quantitative estimate of drug-likeness (QED) is 0.756. The number of rotatable bonds is 5. The fraction of sp³-hybridized carbons (Fsp3) is 0.455. The molecule has 152 valence electrons. The average molecular weight is 412 g/mol. The summed E-state index contributed by atoms with van der Waals surface area (Å²) in [6.07, 6.45) is 3.67. The number of likely N-dealkylation sites (tertiary alicyclic amines) is 1. The molecule has 1 aliphatic heterocycles. The highest BCUT2D eigenvalue weighted by atomic mass is 32.1. The van der Waals surface area contributed by atoms with Crippen LogP contribution in [0, 0.1) is 25.7 Å². The van der Waals surface area contributed by atoms with E-state index in [1.165, 1.54) is 21.8 Å². The van der Waals surface area contributed by atoms with Crippen molar-refractivity contribution in [3.05, 3.63) is 34.7 Å². The third-order valence-corrected chi connectivity index (χ3v) is 6.75. The minimum atomic E-state index is -0.232. The van der Waals surface area contributed by atoms with E-state index in [1.54, 1.807) is 0 Å². The van der Waals surface area contributed by atoms with E-state index in [4.69, 9.17) is 0 Å². The Kier molecular flexibility index (Phi) is 5.50. The molecule has 1 saturated carbocycles. The molecule has 1 aliphatic carbocycles. The van der Waals surface area contributed by atoms with Crippen LogP contribution in [0.25, 0.3) is 11.3 Å². The summed E-state index contributed by atoms with van der Waals surface area (Å²) in [6.45, 7) is 4.16. The van der Waals surface area contributed by atoms with E-state index in [0.717, 1.165) is 41.8 Å². The van der Waals surface area contributed by atoms with Crippen molar-refractivity contribution in [1.29, 1.82) is 0 Å². The summed E-state index contributed by atoms with van der Waals surface area (Å²) >= 11 is 1.43. The van der Waals surface area contributed by atoms with E-state index in [9.17, 15) is 14.4 Å². The second kappa shape index (κ2) is 8.06. The Labute approximate surface area is 174 Å². The molecular weight excluding hydrogens is 386 g/mol. The van der Waals surface area contributed by atoms with Gasteiger partial charge in [-0.3, -0.25) is 19.3 Å². The minimum Gasteiger partial charge on any atom is -0.302 e. The number of anilines is 1. The van der Waals surface area contributed by atoms with Crippen LogP contribution in [0.4, 0.5) is 5.13 Å². The number of carbonyl (C=O) groups excluding carboxylic acids is 3. The Balaban J connectivity index is 1.37. The van der Waals surface area contributed by atoms with E-state index in [1.807, 2.05) is 38.1 Å². The van der Waals surface area contributed by atoms with Crippen LogP contribution >= 0.6 is 11.3 Å². The van der Waals surface area contributed by atoms with Crippen molar-refractivity contribution in [3.63, 3.8) is 0 Å². The zero-order valence-electron chi connectivity index (χ0n) is 16.7. The van der Waals surface area contributed by atoms with Gasteiger partial charge in [-0.05, 0) is 26.7 Å². The van der Waals surface area contributed by atoms with E-state index in [-0.39, 0.29) is 42.5 Å². The molecule has 2 aliphatic rings. The van der Waals surface area contributed by atoms with E-state index in [2.05, 4.69) is 10.3 Å².